The molecule has 148 valence electrons. The number of rotatable bonds is 6. The second-order valence-corrected chi connectivity index (χ2v) is 6.82. The molecule has 6 nitrogen and oxygen atoms in total. The summed E-state index contributed by atoms with van der Waals surface area (Å²) in [6.07, 6.45) is 2.48. The number of carbonyl (C=O) groups is 2. The van der Waals surface area contributed by atoms with Gasteiger partial charge in [0.2, 0.25) is 0 Å². The van der Waals surface area contributed by atoms with Gasteiger partial charge in [0.25, 0.3) is 11.8 Å². The number of likely N-dealkylation sites (tertiary alicyclic amines) is 1. The quantitative estimate of drug-likeness (QED) is 0.827. The maximum Gasteiger partial charge on any atom is 0.265 e. The Hall–Kier alpha value is -3.02. The van der Waals surface area contributed by atoms with E-state index < -0.39 is 6.10 Å². The molecular weight excluding hydrogens is 356 g/mol. The van der Waals surface area contributed by atoms with Crippen molar-refractivity contribution in [1.82, 2.24) is 4.90 Å². The maximum absolute atomic E-state index is 12.9. The molecule has 1 heterocycles. The van der Waals surface area contributed by atoms with Crippen molar-refractivity contribution in [3.05, 3.63) is 54.1 Å². The average Bonchev–Trinajstić information content (AvgIpc) is 2.74. The van der Waals surface area contributed by atoms with Crippen LogP contribution in [0.15, 0.2) is 48.5 Å². The molecule has 2 aromatic carbocycles. The van der Waals surface area contributed by atoms with E-state index in [9.17, 15) is 9.59 Å². The van der Waals surface area contributed by atoms with Gasteiger partial charge in [0.1, 0.15) is 11.5 Å². The molecule has 0 unspecified atom stereocenters. The third-order valence-electron chi connectivity index (χ3n) is 4.80. The smallest absolute Gasteiger partial charge is 0.265 e. The van der Waals surface area contributed by atoms with E-state index in [2.05, 4.69) is 5.32 Å². The van der Waals surface area contributed by atoms with Crippen molar-refractivity contribution in [2.75, 3.05) is 25.5 Å². The first-order valence-corrected chi connectivity index (χ1v) is 9.58. The van der Waals surface area contributed by atoms with Crippen LogP contribution < -0.4 is 14.8 Å². The lowest BCUT2D eigenvalue weighted by molar-refractivity contribution is -0.122. The zero-order valence-corrected chi connectivity index (χ0v) is 16.3. The van der Waals surface area contributed by atoms with Crippen LogP contribution >= 0.6 is 0 Å². The number of carbonyl (C=O) groups excluding carboxylic acids is 2. The normalized spacial score (nSPS) is 14.9. The topological polar surface area (TPSA) is 67.9 Å². The molecule has 0 radical (unpaired) electrons. The largest absolute Gasteiger partial charge is 0.497 e. The maximum atomic E-state index is 12.9. The third-order valence-corrected chi connectivity index (χ3v) is 4.80. The highest BCUT2D eigenvalue weighted by molar-refractivity contribution is 6.04. The number of nitrogens with zero attached hydrogens (tertiary/aromatic N) is 1. The van der Waals surface area contributed by atoms with Crippen molar-refractivity contribution >= 4 is 17.5 Å². The highest BCUT2D eigenvalue weighted by Gasteiger charge is 2.22. The minimum atomic E-state index is -0.716. The first-order chi connectivity index (χ1) is 13.6. The van der Waals surface area contributed by atoms with Crippen molar-refractivity contribution in [3.8, 4) is 11.5 Å². The molecule has 1 saturated heterocycles. The van der Waals surface area contributed by atoms with Gasteiger partial charge in [0, 0.05) is 13.1 Å². The lowest BCUT2D eigenvalue weighted by Crippen LogP contribution is -2.36. The molecule has 6 heteroatoms. The van der Waals surface area contributed by atoms with Crippen LogP contribution in [0.25, 0.3) is 0 Å². The van der Waals surface area contributed by atoms with Crippen LogP contribution in [0.2, 0.25) is 0 Å². The van der Waals surface area contributed by atoms with Gasteiger partial charge in [-0.25, -0.2) is 0 Å². The van der Waals surface area contributed by atoms with Crippen molar-refractivity contribution in [1.29, 1.82) is 0 Å². The summed E-state index contributed by atoms with van der Waals surface area (Å²) in [5.41, 5.74) is 1.02. The van der Waals surface area contributed by atoms with Gasteiger partial charge < -0.3 is 19.7 Å². The Labute approximate surface area is 165 Å². The van der Waals surface area contributed by atoms with Gasteiger partial charge in [0.05, 0.1) is 18.4 Å². The van der Waals surface area contributed by atoms with E-state index in [1.54, 1.807) is 56.5 Å². The molecule has 1 aliphatic heterocycles. The standard InChI is InChI=1S/C22H26N2O4/c1-16(28-18-12-10-17(27-2)11-13-18)21(25)23-20-9-5-4-8-19(20)22(26)24-14-6-3-7-15-24/h4-5,8-13,16H,3,6-7,14-15H2,1-2H3,(H,23,25)/t16-/m0/s1. The number of hydrogen-bond donors (Lipinski definition) is 1. The molecule has 0 saturated carbocycles. The van der Waals surface area contributed by atoms with E-state index in [1.807, 2.05) is 11.0 Å². The summed E-state index contributed by atoms with van der Waals surface area (Å²) in [5.74, 6) is 0.935. The highest BCUT2D eigenvalue weighted by atomic mass is 16.5. The summed E-state index contributed by atoms with van der Waals surface area (Å²) in [7, 11) is 1.59. The van der Waals surface area contributed by atoms with Crippen LogP contribution in [0.1, 0.15) is 36.5 Å². The van der Waals surface area contributed by atoms with E-state index in [0.29, 0.717) is 17.0 Å². The summed E-state index contributed by atoms with van der Waals surface area (Å²) < 4.78 is 10.8. The number of amides is 2. The van der Waals surface area contributed by atoms with Crippen LogP contribution in [-0.4, -0.2) is 43.0 Å². The van der Waals surface area contributed by atoms with Gasteiger partial charge in [-0.2, -0.15) is 0 Å². The zero-order chi connectivity index (χ0) is 19.9. The number of methoxy groups -OCH3 is 1. The van der Waals surface area contributed by atoms with Crippen LogP contribution in [0.4, 0.5) is 5.69 Å². The number of benzene rings is 2. The number of piperidine rings is 1. The van der Waals surface area contributed by atoms with E-state index in [0.717, 1.165) is 38.1 Å². The number of nitrogens with one attached hydrogen (secondary N) is 1. The van der Waals surface area contributed by atoms with Gasteiger partial charge in [-0.05, 0) is 62.6 Å². The Bertz CT molecular complexity index is 814. The average molecular weight is 382 g/mol. The molecule has 1 atom stereocenters. The zero-order valence-electron chi connectivity index (χ0n) is 16.3. The molecule has 2 aromatic rings. The fourth-order valence-corrected chi connectivity index (χ4v) is 3.19. The molecular formula is C22H26N2O4. The van der Waals surface area contributed by atoms with Crippen molar-refractivity contribution in [3.63, 3.8) is 0 Å². The van der Waals surface area contributed by atoms with E-state index in [4.69, 9.17) is 9.47 Å². The van der Waals surface area contributed by atoms with E-state index in [-0.39, 0.29) is 11.8 Å². The van der Waals surface area contributed by atoms with Crippen LogP contribution in [0.5, 0.6) is 11.5 Å². The molecule has 1 aliphatic rings. The Balaban J connectivity index is 1.66. The van der Waals surface area contributed by atoms with E-state index in [1.165, 1.54) is 0 Å². The monoisotopic (exact) mass is 382 g/mol. The second-order valence-electron chi connectivity index (χ2n) is 6.82. The van der Waals surface area contributed by atoms with Gasteiger partial charge in [-0.3, -0.25) is 9.59 Å². The van der Waals surface area contributed by atoms with Crippen molar-refractivity contribution < 1.29 is 19.1 Å². The van der Waals surface area contributed by atoms with Gasteiger partial charge >= 0.3 is 0 Å². The summed E-state index contributed by atoms with van der Waals surface area (Å²) in [6.45, 7) is 3.20. The Morgan fingerprint density at radius 2 is 1.61 bits per heavy atom. The molecule has 2 amide bonds. The summed E-state index contributed by atoms with van der Waals surface area (Å²) >= 11 is 0. The van der Waals surface area contributed by atoms with Gasteiger partial charge in [-0.1, -0.05) is 12.1 Å². The fraction of sp³-hybridized carbons (Fsp3) is 0.364. The Morgan fingerprint density at radius 1 is 0.964 bits per heavy atom. The third kappa shape index (κ3) is 4.82. The summed E-state index contributed by atoms with van der Waals surface area (Å²) in [4.78, 5) is 27.3. The second kappa shape index (κ2) is 9.26. The highest BCUT2D eigenvalue weighted by Crippen LogP contribution is 2.22. The predicted molar refractivity (Wildman–Crippen MR) is 108 cm³/mol. The molecule has 0 bridgehead atoms. The number of para-hydroxylation sites is 1. The first kappa shape index (κ1) is 19.7. The van der Waals surface area contributed by atoms with Crippen LogP contribution in [0.3, 0.4) is 0 Å². The fourth-order valence-electron chi connectivity index (χ4n) is 3.19. The van der Waals surface area contributed by atoms with Gasteiger partial charge in [0.15, 0.2) is 6.10 Å². The molecule has 1 N–H and O–H groups in total. The Kier molecular flexibility index (Phi) is 6.53. The van der Waals surface area contributed by atoms with Crippen LogP contribution in [0, 0.1) is 0 Å². The number of anilines is 1. The molecule has 0 aliphatic carbocycles. The molecule has 0 spiro atoms. The van der Waals surface area contributed by atoms with Crippen molar-refractivity contribution in [2.45, 2.75) is 32.3 Å². The lowest BCUT2D eigenvalue weighted by atomic mass is 10.1. The Morgan fingerprint density at radius 3 is 2.29 bits per heavy atom. The molecule has 1 fully saturated rings. The first-order valence-electron chi connectivity index (χ1n) is 9.58. The van der Waals surface area contributed by atoms with Gasteiger partial charge in [-0.15, -0.1) is 0 Å². The SMILES string of the molecule is COc1ccc(O[C@@H](C)C(=O)Nc2ccccc2C(=O)N2CCCCC2)cc1. The molecule has 3 rings (SSSR count). The number of hydrogen-bond acceptors (Lipinski definition) is 4. The van der Waals surface area contributed by atoms with Crippen LogP contribution in [-0.2, 0) is 4.79 Å². The predicted octanol–water partition coefficient (Wildman–Crippen LogP) is 3.73. The molecule has 28 heavy (non-hydrogen) atoms. The lowest BCUT2D eigenvalue weighted by Gasteiger charge is -2.27. The number of ether oxygens (including phenoxy) is 2. The van der Waals surface area contributed by atoms with E-state index >= 15 is 0 Å². The summed E-state index contributed by atoms with van der Waals surface area (Å²) in [6, 6.07) is 14.1. The molecule has 0 aromatic heterocycles. The van der Waals surface area contributed by atoms with Crippen molar-refractivity contribution in [2.24, 2.45) is 0 Å². The minimum Gasteiger partial charge on any atom is -0.497 e. The summed E-state index contributed by atoms with van der Waals surface area (Å²) in [5, 5.41) is 2.84. The minimum absolute atomic E-state index is 0.0423.